The lowest BCUT2D eigenvalue weighted by atomic mass is 10.3. The highest BCUT2D eigenvalue weighted by Crippen LogP contribution is 2.15. The molecule has 4 nitrogen and oxygen atoms in total. The monoisotopic (exact) mass is 172 g/mol. The third kappa shape index (κ3) is 1.02. The van der Waals surface area contributed by atoms with Crippen molar-refractivity contribution in [3.05, 3.63) is 30.2 Å². The summed E-state index contributed by atoms with van der Waals surface area (Å²) in [5, 5.41) is 11.9. The van der Waals surface area contributed by atoms with Gasteiger partial charge in [0.15, 0.2) is 0 Å². The molecule has 0 radical (unpaired) electrons. The van der Waals surface area contributed by atoms with Crippen LogP contribution >= 0.6 is 0 Å². The first kappa shape index (κ1) is 7.62. The Morgan fingerprint density at radius 2 is 2.38 bits per heavy atom. The molecule has 0 aliphatic heterocycles. The van der Waals surface area contributed by atoms with Gasteiger partial charge in [-0.1, -0.05) is 0 Å². The molecule has 0 aliphatic rings. The number of fused-ring (bicyclic) bond motifs is 1. The predicted octanol–water partition coefficient (Wildman–Crippen LogP) is 1.25. The summed E-state index contributed by atoms with van der Waals surface area (Å²) in [7, 11) is 1.79. The number of nitriles is 1. The van der Waals surface area contributed by atoms with Crippen LogP contribution in [0.5, 0.6) is 0 Å². The molecule has 0 fully saturated rings. The molecule has 0 bridgehead atoms. The standard InChI is InChI=1S/C9H8N4/c1-11-7-2-3-9-12-4-5-13(9)8(7)6-10/h2-5,11H,1H3. The summed E-state index contributed by atoms with van der Waals surface area (Å²) in [4.78, 5) is 4.09. The summed E-state index contributed by atoms with van der Waals surface area (Å²) in [6.07, 6.45) is 3.45. The van der Waals surface area contributed by atoms with E-state index in [2.05, 4.69) is 16.4 Å². The zero-order valence-corrected chi connectivity index (χ0v) is 7.15. The third-order valence-corrected chi connectivity index (χ3v) is 1.94. The van der Waals surface area contributed by atoms with Gasteiger partial charge in [0.05, 0.1) is 5.69 Å². The molecule has 0 atom stereocenters. The number of imidazole rings is 1. The van der Waals surface area contributed by atoms with Crippen LogP contribution in [0.3, 0.4) is 0 Å². The van der Waals surface area contributed by atoms with Crippen LogP contribution in [0.15, 0.2) is 24.5 Å². The molecule has 13 heavy (non-hydrogen) atoms. The maximum atomic E-state index is 8.93. The molecular formula is C9H8N4. The molecule has 2 heterocycles. The Labute approximate surface area is 75.4 Å². The Bertz CT molecular complexity index is 478. The number of pyridine rings is 1. The number of nitrogens with one attached hydrogen (secondary N) is 1. The lowest BCUT2D eigenvalue weighted by molar-refractivity contribution is 1.14. The van der Waals surface area contributed by atoms with Gasteiger partial charge in [-0.05, 0) is 12.1 Å². The Morgan fingerprint density at radius 1 is 1.54 bits per heavy atom. The number of hydrogen-bond acceptors (Lipinski definition) is 3. The minimum Gasteiger partial charge on any atom is -0.386 e. The zero-order chi connectivity index (χ0) is 9.26. The fourth-order valence-electron chi connectivity index (χ4n) is 1.31. The fraction of sp³-hybridized carbons (Fsp3) is 0.111. The van der Waals surface area contributed by atoms with Crippen molar-refractivity contribution in [3.63, 3.8) is 0 Å². The van der Waals surface area contributed by atoms with E-state index in [0.29, 0.717) is 5.69 Å². The van der Waals surface area contributed by atoms with Crippen molar-refractivity contribution in [2.75, 3.05) is 12.4 Å². The van der Waals surface area contributed by atoms with Gasteiger partial charge < -0.3 is 5.32 Å². The van der Waals surface area contributed by atoms with Gasteiger partial charge in [-0.2, -0.15) is 5.26 Å². The quantitative estimate of drug-likeness (QED) is 0.704. The van der Waals surface area contributed by atoms with E-state index in [1.165, 1.54) is 0 Å². The average Bonchev–Trinajstić information content (AvgIpc) is 2.63. The van der Waals surface area contributed by atoms with E-state index >= 15 is 0 Å². The van der Waals surface area contributed by atoms with E-state index in [-0.39, 0.29) is 0 Å². The molecule has 0 saturated heterocycles. The molecule has 0 amide bonds. The fourth-order valence-corrected chi connectivity index (χ4v) is 1.31. The molecule has 4 heteroatoms. The molecule has 2 aromatic heterocycles. The first-order valence-corrected chi connectivity index (χ1v) is 3.90. The van der Waals surface area contributed by atoms with Crippen LogP contribution in [0.4, 0.5) is 5.69 Å². The van der Waals surface area contributed by atoms with E-state index in [1.807, 2.05) is 12.1 Å². The largest absolute Gasteiger partial charge is 0.386 e. The predicted molar refractivity (Wildman–Crippen MR) is 49.5 cm³/mol. The van der Waals surface area contributed by atoms with E-state index in [0.717, 1.165) is 11.3 Å². The van der Waals surface area contributed by atoms with Gasteiger partial charge >= 0.3 is 0 Å². The molecule has 1 N–H and O–H groups in total. The molecule has 0 saturated carbocycles. The second-order valence-electron chi connectivity index (χ2n) is 2.61. The smallest absolute Gasteiger partial charge is 0.149 e. The minimum atomic E-state index is 0.581. The van der Waals surface area contributed by atoms with Gasteiger partial charge in [0.1, 0.15) is 17.4 Å². The van der Waals surface area contributed by atoms with Crippen molar-refractivity contribution in [2.45, 2.75) is 0 Å². The summed E-state index contributed by atoms with van der Waals surface area (Å²) in [6.45, 7) is 0. The van der Waals surface area contributed by atoms with Crippen molar-refractivity contribution in [3.8, 4) is 6.07 Å². The number of nitrogens with zero attached hydrogens (tertiary/aromatic N) is 3. The first-order chi connectivity index (χ1) is 6.36. The van der Waals surface area contributed by atoms with Crippen molar-refractivity contribution < 1.29 is 0 Å². The molecule has 0 aliphatic carbocycles. The number of rotatable bonds is 1. The van der Waals surface area contributed by atoms with Gasteiger partial charge in [-0.15, -0.1) is 0 Å². The molecule has 2 aromatic rings. The highest BCUT2D eigenvalue weighted by Gasteiger charge is 2.04. The van der Waals surface area contributed by atoms with E-state index in [1.54, 1.807) is 23.8 Å². The minimum absolute atomic E-state index is 0.581. The lowest BCUT2D eigenvalue weighted by Crippen LogP contribution is -1.98. The summed E-state index contributed by atoms with van der Waals surface area (Å²) in [5.41, 5.74) is 2.18. The van der Waals surface area contributed by atoms with Crippen molar-refractivity contribution in [1.29, 1.82) is 5.26 Å². The number of anilines is 1. The van der Waals surface area contributed by atoms with Crippen LogP contribution in [0.1, 0.15) is 5.69 Å². The van der Waals surface area contributed by atoms with Crippen molar-refractivity contribution in [2.24, 2.45) is 0 Å². The van der Waals surface area contributed by atoms with Gasteiger partial charge in [0.2, 0.25) is 0 Å². The molecular weight excluding hydrogens is 164 g/mol. The molecule has 2 rings (SSSR count). The molecule has 0 aromatic carbocycles. The molecule has 0 unspecified atom stereocenters. The summed E-state index contributed by atoms with van der Waals surface area (Å²) in [5.74, 6) is 0. The van der Waals surface area contributed by atoms with E-state index < -0.39 is 0 Å². The summed E-state index contributed by atoms with van der Waals surface area (Å²) < 4.78 is 1.76. The number of aromatic nitrogens is 2. The second-order valence-corrected chi connectivity index (χ2v) is 2.61. The van der Waals surface area contributed by atoms with Crippen LogP contribution in [0, 0.1) is 11.3 Å². The zero-order valence-electron chi connectivity index (χ0n) is 7.15. The van der Waals surface area contributed by atoms with Gasteiger partial charge in [0, 0.05) is 19.4 Å². The van der Waals surface area contributed by atoms with E-state index in [4.69, 9.17) is 5.26 Å². The van der Waals surface area contributed by atoms with Crippen LogP contribution in [0.2, 0.25) is 0 Å². The van der Waals surface area contributed by atoms with Gasteiger partial charge in [0.25, 0.3) is 0 Å². The Kier molecular flexibility index (Phi) is 1.64. The maximum Gasteiger partial charge on any atom is 0.149 e. The Hall–Kier alpha value is -2.02. The van der Waals surface area contributed by atoms with Crippen LogP contribution < -0.4 is 5.32 Å². The van der Waals surface area contributed by atoms with Gasteiger partial charge in [-0.3, -0.25) is 4.40 Å². The average molecular weight is 172 g/mol. The number of hydrogen-bond donors (Lipinski definition) is 1. The Balaban J connectivity index is 2.84. The highest BCUT2D eigenvalue weighted by molar-refractivity contribution is 5.59. The van der Waals surface area contributed by atoms with Gasteiger partial charge in [-0.25, -0.2) is 4.98 Å². The van der Waals surface area contributed by atoms with Crippen molar-refractivity contribution in [1.82, 2.24) is 9.38 Å². The molecule has 64 valence electrons. The van der Waals surface area contributed by atoms with Crippen LogP contribution in [0.25, 0.3) is 5.65 Å². The summed E-state index contributed by atoms with van der Waals surface area (Å²) in [6, 6.07) is 5.85. The molecule has 0 spiro atoms. The van der Waals surface area contributed by atoms with E-state index in [9.17, 15) is 0 Å². The maximum absolute atomic E-state index is 8.93. The normalized spacial score (nSPS) is 9.85. The second kappa shape index (κ2) is 2.79. The van der Waals surface area contributed by atoms with Crippen LogP contribution in [-0.4, -0.2) is 16.4 Å². The lowest BCUT2D eigenvalue weighted by Gasteiger charge is -2.04. The SMILES string of the molecule is CNc1ccc2nccn2c1C#N. The first-order valence-electron chi connectivity index (χ1n) is 3.90. The summed E-state index contributed by atoms with van der Waals surface area (Å²) >= 11 is 0. The Morgan fingerprint density at radius 3 is 3.08 bits per heavy atom. The van der Waals surface area contributed by atoms with Crippen molar-refractivity contribution >= 4 is 11.3 Å². The van der Waals surface area contributed by atoms with Crippen LogP contribution in [-0.2, 0) is 0 Å². The highest BCUT2D eigenvalue weighted by atomic mass is 15.0. The third-order valence-electron chi connectivity index (χ3n) is 1.94. The topological polar surface area (TPSA) is 53.1 Å².